The first-order chi connectivity index (χ1) is 11.1. The minimum Gasteiger partial charge on any atom is -0.478 e. The SMILES string of the molecule is O=C(O)c1ccc2c(c1)[C@@H]1C=CC[C@@H]1[C@H](c1ccc(F)cc1)N2. The highest BCUT2D eigenvalue weighted by atomic mass is 19.1. The summed E-state index contributed by atoms with van der Waals surface area (Å²) >= 11 is 0. The van der Waals surface area contributed by atoms with Crippen molar-refractivity contribution in [1.82, 2.24) is 0 Å². The van der Waals surface area contributed by atoms with E-state index in [0.717, 1.165) is 23.2 Å². The summed E-state index contributed by atoms with van der Waals surface area (Å²) < 4.78 is 13.2. The maximum Gasteiger partial charge on any atom is 0.335 e. The Hall–Kier alpha value is -2.62. The predicted molar refractivity (Wildman–Crippen MR) is 86.2 cm³/mol. The maximum absolute atomic E-state index is 13.2. The van der Waals surface area contributed by atoms with Gasteiger partial charge in [-0.2, -0.15) is 0 Å². The summed E-state index contributed by atoms with van der Waals surface area (Å²) in [5.41, 5.74) is 3.35. The number of rotatable bonds is 2. The number of aromatic carboxylic acids is 1. The summed E-state index contributed by atoms with van der Waals surface area (Å²) in [7, 11) is 0. The molecule has 2 aromatic rings. The van der Waals surface area contributed by atoms with Crippen molar-refractivity contribution in [2.75, 3.05) is 5.32 Å². The van der Waals surface area contributed by atoms with Crippen molar-refractivity contribution in [1.29, 1.82) is 0 Å². The molecule has 3 atom stereocenters. The number of allylic oxidation sites excluding steroid dienone is 2. The molecule has 0 fully saturated rings. The Kier molecular flexibility index (Phi) is 3.18. The van der Waals surface area contributed by atoms with Gasteiger partial charge in [0.15, 0.2) is 0 Å². The fraction of sp³-hybridized carbons (Fsp3) is 0.211. The monoisotopic (exact) mass is 309 g/mol. The van der Waals surface area contributed by atoms with Crippen LogP contribution < -0.4 is 5.32 Å². The van der Waals surface area contributed by atoms with Crippen molar-refractivity contribution in [3.63, 3.8) is 0 Å². The van der Waals surface area contributed by atoms with Gasteiger partial charge in [-0.25, -0.2) is 9.18 Å². The lowest BCUT2D eigenvalue weighted by atomic mass is 9.76. The van der Waals surface area contributed by atoms with Crippen LogP contribution in [-0.4, -0.2) is 11.1 Å². The lowest BCUT2D eigenvalue weighted by Crippen LogP contribution is -2.29. The fourth-order valence-corrected chi connectivity index (χ4v) is 3.73. The molecule has 4 rings (SSSR count). The van der Waals surface area contributed by atoms with E-state index in [2.05, 4.69) is 17.5 Å². The summed E-state index contributed by atoms with van der Waals surface area (Å²) in [5, 5.41) is 12.7. The molecule has 2 N–H and O–H groups in total. The summed E-state index contributed by atoms with van der Waals surface area (Å²) in [6.07, 6.45) is 5.24. The molecule has 3 nitrogen and oxygen atoms in total. The van der Waals surface area contributed by atoms with Gasteiger partial charge >= 0.3 is 5.97 Å². The lowest BCUT2D eigenvalue weighted by molar-refractivity contribution is 0.0696. The summed E-state index contributed by atoms with van der Waals surface area (Å²) in [6, 6.07) is 11.9. The largest absolute Gasteiger partial charge is 0.478 e. The zero-order chi connectivity index (χ0) is 16.0. The van der Waals surface area contributed by atoms with E-state index in [9.17, 15) is 14.3 Å². The second kappa shape index (κ2) is 5.23. The van der Waals surface area contributed by atoms with Crippen molar-refractivity contribution in [2.24, 2.45) is 5.92 Å². The molecule has 0 aromatic heterocycles. The van der Waals surface area contributed by atoms with E-state index in [0.29, 0.717) is 11.5 Å². The molecule has 116 valence electrons. The molecule has 1 aliphatic heterocycles. The van der Waals surface area contributed by atoms with Crippen LogP contribution in [0.25, 0.3) is 0 Å². The van der Waals surface area contributed by atoms with Crippen molar-refractivity contribution in [3.8, 4) is 0 Å². The van der Waals surface area contributed by atoms with Crippen LogP contribution in [-0.2, 0) is 0 Å². The Morgan fingerprint density at radius 1 is 1.17 bits per heavy atom. The van der Waals surface area contributed by atoms with Crippen LogP contribution in [0.15, 0.2) is 54.6 Å². The molecule has 0 bridgehead atoms. The number of fused-ring (bicyclic) bond motifs is 3. The molecule has 0 spiro atoms. The number of anilines is 1. The van der Waals surface area contributed by atoms with Crippen LogP contribution in [0, 0.1) is 11.7 Å². The van der Waals surface area contributed by atoms with Crippen molar-refractivity contribution in [3.05, 3.63) is 77.1 Å². The first kappa shape index (κ1) is 14.0. The van der Waals surface area contributed by atoms with Gasteiger partial charge in [0.25, 0.3) is 0 Å². The molecule has 0 saturated carbocycles. The van der Waals surface area contributed by atoms with Crippen LogP contribution in [0.1, 0.15) is 39.9 Å². The molecule has 1 heterocycles. The van der Waals surface area contributed by atoms with Gasteiger partial charge in [-0.15, -0.1) is 0 Å². The number of carbonyl (C=O) groups is 1. The average Bonchev–Trinajstić information content (AvgIpc) is 3.04. The molecular formula is C19H16FNO2. The van der Waals surface area contributed by atoms with Gasteiger partial charge < -0.3 is 10.4 Å². The van der Waals surface area contributed by atoms with Crippen LogP contribution >= 0.6 is 0 Å². The van der Waals surface area contributed by atoms with E-state index in [-0.39, 0.29) is 17.8 Å². The quantitative estimate of drug-likeness (QED) is 0.811. The molecule has 0 saturated heterocycles. The number of halogens is 1. The van der Waals surface area contributed by atoms with Gasteiger partial charge in [0, 0.05) is 11.6 Å². The van der Waals surface area contributed by atoms with Gasteiger partial charge in [-0.1, -0.05) is 24.3 Å². The Labute approximate surface area is 133 Å². The molecule has 2 aliphatic rings. The molecule has 23 heavy (non-hydrogen) atoms. The molecular weight excluding hydrogens is 293 g/mol. The third-order valence-corrected chi connectivity index (χ3v) is 4.84. The van der Waals surface area contributed by atoms with Crippen LogP contribution in [0.5, 0.6) is 0 Å². The van der Waals surface area contributed by atoms with E-state index in [4.69, 9.17) is 0 Å². The second-order valence-corrected chi connectivity index (χ2v) is 6.13. The first-order valence-electron chi connectivity index (χ1n) is 7.69. The number of hydrogen-bond acceptors (Lipinski definition) is 2. The maximum atomic E-state index is 13.2. The normalized spacial score (nSPS) is 24.7. The highest BCUT2D eigenvalue weighted by Crippen LogP contribution is 2.49. The third kappa shape index (κ3) is 2.31. The standard InChI is InChI=1S/C19H16FNO2/c20-13-7-4-11(5-8-13)18-15-3-1-2-14(15)16-10-12(19(22)23)6-9-17(16)21-18/h1-2,4-10,14-15,18,21H,3H2,(H,22,23)/t14-,15+,18+/m1/s1. The highest BCUT2D eigenvalue weighted by Gasteiger charge is 2.38. The molecule has 0 unspecified atom stereocenters. The van der Waals surface area contributed by atoms with Crippen LogP contribution in [0.2, 0.25) is 0 Å². The summed E-state index contributed by atoms with van der Waals surface area (Å²) in [5.74, 6) is -0.637. The first-order valence-corrected chi connectivity index (χ1v) is 7.69. The van der Waals surface area contributed by atoms with E-state index >= 15 is 0 Å². The van der Waals surface area contributed by atoms with Crippen LogP contribution in [0.4, 0.5) is 10.1 Å². The fourth-order valence-electron chi connectivity index (χ4n) is 3.73. The second-order valence-electron chi connectivity index (χ2n) is 6.13. The molecule has 2 aromatic carbocycles. The number of hydrogen-bond donors (Lipinski definition) is 2. The lowest BCUT2D eigenvalue weighted by Gasteiger charge is -2.37. The number of nitrogens with one attached hydrogen (secondary N) is 1. The minimum atomic E-state index is -0.910. The average molecular weight is 309 g/mol. The Balaban J connectivity index is 1.77. The topological polar surface area (TPSA) is 49.3 Å². The number of carboxylic acid groups (broad SMARTS) is 1. The molecule has 0 amide bonds. The van der Waals surface area contributed by atoms with Crippen LogP contribution in [0.3, 0.4) is 0 Å². The van der Waals surface area contributed by atoms with Gasteiger partial charge in [0.1, 0.15) is 5.82 Å². The smallest absolute Gasteiger partial charge is 0.335 e. The molecule has 0 radical (unpaired) electrons. The van der Waals surface area contributed by atoms with Crippen molar-refractivity contribution in [2.45, 2.75) is 18.4 Å². The summed E-state index contributed by atoms with van der Waals surface area (Å²) in [4.78, 5) is 11.2. The van der Waals surface area contributed by atoms with Gasteiger partial charge in [0.2, 0.25) is 0 Å². The van der Waals surface area contributed by atoms with Gasteiger partial charge in [-0.05, 0) is 53.8 Å². The Morgan fingerprint density at radius 3 is 2.70 bits per heavy atom. The number of carboxylic acids is 1. The minimum absolute atomic E-state index is 0.0961. The third-order valence-electron chi connectivity index (χ3n) is 4.84. The number of benzene rings is 2. The van der Waals surface area contributed by atoms with E-state index < -0.39 is 5.97 Å². The van der Waals surface area contributed by atoms with Gasteiger partial charge in [-0.3, -0.25) is 0 Å². The molecule has 1 aliphatic carbocycles. The zero-order valence-corrected chi connectivity index (χ0v) is 12.4. The van der Waals surface area contributed by atoms with Crippen molar-refractivity contribution >= 4 is 11.7 Å². The van der Waals surface area contributed by atoms with Crippen molar-refractivity contribution < 1.29 is 14.3 Å². The Bertz CT molecular complexity index is 798. The highest BCUT2D eigenvalue weighted by molar-refractivity contribution is 5.89. The van der Waals surface area contributed by atoms with E-state index in [1.165, 1.54) is 12.1 Å². The van der Waals surface area contributed by atoms with Gasteiger partial charge in [0.05, 0.1) is 11.6 Å². The van der Waals surface area contributed by atoms with E-state index in [1.54, 1.807) is 12.1 Å². The molecule has 4 heteroatoms. The summed E-state index contributed by atoms with van der Waals surface area (Å²) in [6.45, 7) is 0. The predicted octanol–water partition coefficient (Wildman–Crippen LogP) is 4.35. The Morgan fingerprint density at radius 2 is 1.96 bits per heavy atom. The van der Waals surface area contributed by atoms with E-state index in [1.807, 2.05) is 18.2 Å². The zero-order valence-electron chi connectivity index (χ0n) is 12.4.